The number of pyridine rings is 1. The van der Waals surface area contributed by atoms with Gasteiger partial charge in [-0.05, 0) is 35.9 Å². The first kappa shape index (κ1) is 18.3. The lowest BCUT2D eigenvalue weighted by molar-refractivity contribution is 0.100. The maximum Gasteiger partial charge on any atom is 0.289 e. The Morgan fingerprint density at radius 3 is 2.53 bits per heavy atom. The highest BCUT2D eigenvalue weighted by atomic mass is 35.5. The van der Waals surface area contributed by atoms with E-state index in [0.717, 1.165) is 16.5 Å². The lowest BCUT2D eigenvalue weighted by Gasteiger charge is -2.05. The lowest BCUT2D eigenvalue weighted by Crippen LogP contribution is -2.02. The molecule has 0 radical (unpaired) electrons. The summed E-state index contributed by atoms with van der Waals surface area (Å²) in [6, 6.07) is 18.9. The number of halogens is 1. The van der Waals surface area contributed by atoms with E-state index in [1.54, 1.807) is 24.5 Å². The first-order chi connectivity index (χ1) is 14.7. The third-order valence-corrected chi connectivity index (χ3v) is 5.10. The van der Waals surface area contributed by atoms with Crippen LogP contribution in [0.15, 0.2) is 83.7 Å². The van der Waals surface area contributed by atoms with Crippen molar-refractivity contribution >= 4 is 28.3 Å². The minimum Gasteiger partial charge on any atom is -0.413 e. The summed E-state index contributed by atoms with van der Waals surface area (Å²) in [5.41, 5.74) is 3.26. The van der Waals surface area contributed by atoms with Crippen LogP contribution in [0.3, 0.4) is 0 Å². The van der Waals surface area contributed by atoms with Crippen LogP contribution in [-0.2, 0) is 6.54 Å². The molecule has 0 fully saturated rings. The molecular formula is C23H15ClN4O2. The van der Waals surface area contributed by atoms with Gasteiger partial charge in [0.2, 0.25) is 5.89 Å². The van der Waals surface area contributed by atoms with Gasteiger partial charge in [-0.3, -0.25) is 9.78 Å². The second-order valence-electron chi connectivity index (χ2n) is 6.79. The summed E-state index contributed by atoms with van der Waals surface area (Å²) < 4.78 is 7.69. The molecule has 0 aliphatic heterocycles. The van der Waals surface area contributed by atoms with Crippen molar-refractivity contribution in [1.82, 2.24) is 19.7 Å². The van der Waals surface area contributed by atoms with E-state index in [-0.39, 0.29) is 17.6 Å². The van der Waals surface area contributed by atoms with Gasteiger partial charge in [0.15, 0.2) is 0 Å². The molecule has 0 bridgehead atoms. The summed E-state index contributed by atoms with van der Waals surface area (Å²) in [5, 5.41) is 9.50. The molecule has 2 aromatic carbocycles. The number of aromatic nitrogens is 4. The molecule has 0 atom stereocenters. The van der Waals surface area contributed by atoms with E-state index < -0.39 is 0 Å². The van der Waals surface area contributed by atoms with E-state index in [4.69, 9.17) is 16.0 Å². The Hall–Kier alpha value is -3.77. The fourth-order valence-corrected chi connectivity index (χ4v) is 3.51. The maximum atomic E-state index is 13.2. The fraction of sp³-hybridized carbons (Fsp3) is 0.0435. The first-order valence-corrected chi connectivity index (χ1v) is 9.68. The number of fused-ring (bicyclic) bond motifs is 1. The molecule has 0 amide bonds. The van der Waals surface area contributed by atoms with Crippen molar-refractivity contribution in [2.24, 2.45) is 0 Å². The molecule has 30 heavy (non-hydrogen) atoms. The molecule has 0 unspecified atom stereocenters. The normalized spacial score (nSPS) is 11.1. The summed E-state index contributed by atoms with van der Waals surface area (Å²) >= 11 is 5.99. The molecular weight excluding hydrogens is 400 g/mol. The van der Waals surface area contributed by atoms with Gasteiger partial charge in [-0.1, -0.05) is 41.9 Å². The number of hydrogen-bond donors (Lipinski definition) is 0. The SMILES string of the molecule is O=C(c1nnc(-c2ccncc2)o1)c1cn(Cc2ccc(Cl)cc2)c2ccccc12. The van der Waals surface area contributed by atoms with Gasteiger partial charge in [0.05, 0.1) is 5.56 Å². The Kier molecular flexibility index (Phi) is 4.61. The van der Waals surface area contributed by atoms with E-state index in [0.29, 0.717) is 22.7 Å². The summed E-state index contributed by atoms with van der Waals surface area (Å²) in [6.45, 7) is 0.608. The number of para-hydroxylation sites is 1. The van der Waals surface area contributed by atoms with Gasteiger partial charge < -0.3 is 8.98 Å². The Balaban J connectivity index is 1.52. The van der Waals surface area contributed by atoms with E-state index in [2.05, 4.69) is 15.2 Å². The summed E-state index contributed by atoms with van der Waals surface area (Å²) in [6.07, 6.45) is 5.09. The topological polar surface area (TPSA) is 73.8 Å². The molecule has 3 aromatic heterocycles. The van der Waals surface area contributed by atoms with Gasteiger partial charge in [0.25, 0.3) is 11.7 Å². The molecule has 0 saturated carbocycles. The molecule has 5 aromatic rings. The molecule has 0 aliphatic carbocycles. The Morgan fingerprint density at radius 2 is 1.73 bits per heavy atom. The van der Waals surface area contributed by atoms with Crippen LogP contribution >= 0.6 is 11.6 Å². The number of benzene rings is 2. The number of rotatable bonds is 5. The molecule has 0 aliphatic rings. The van der Waals surface area contributed by atoms with E-state index in [9.17, 15) is 4.79 Å². The third-order valence-electron chi connectivity index (χ3n) is 4.85. The van der Waals surface area contributed by atoms with Gasteiger partial charge in [-0.15, -0.1) is 10.2 Å². The van der Waals surface area contributed by atoms with Gasteiger partial charge in [-0.25, -0.2) is 0 Å². The van der Waals surface area contributed by atoms with E-state index in [1.807, 2.05) is 59.3 Å². The predicted molar refractivity (Wildman–Crippen MR) is 113 cm³/mol. The lowest BCUT2D eigenvalue weighted by atomic mass is 10.1. The third kappa shape index (κ3) is 3.38. The number of carbonyl (C=O) groups excluding carboxylic acids is 1. The van der Waals surface area contributed by atoms with Crippen LogP contribution < -0.4 is 0 Å². The molecule has 3 heterocycles. The highest BCUT2D eigenvalue weighted by Crippen LogP contribution is 2.26. The van der Waals surface area contributed by atoms with Crippen LogP contribution in [0.2, 0.25) is 5.02 Å². The molecule has 6 nitrogen and oxygen atoms in total. The smallest absolute Gasteiger partial charge is 0.289 e. The summed E-state index contributed by atoms with van der Waals surface area (Å²) in [5.74, 6) is -0.0734. The minimum atomic E-state index is -0.311. The first-order valence-electron chi connectivity index (χ1n) is 9.30. The zero-order valence-corrected chi connectivity index (χ0v) is 16.5. The van der Waals surface area contributed by atoms with Gasteiger partial charge >= 0.3 is 0 Å². The van der Waals surface area contributed by atoms with Crippen molar-refractivity contribution in [2.45, 2.75) is 6.54 Å². The standard InChI is InChI=1S/C23H15ClN4O2/c24-17-7-5-15(6-8-17)13-28-14-19(18-3-1-2-4-20(18)28)21(29)23-27-26-22(30-23)16-9-11-25-12-10-16/h1-12,14H,13H2. The zero-order valence-electron chi connectivity index (χ0n) is 15.7. The van der Waals surface area contributed by atoms with Crippen LogP contribution in [-0.4, -0.2) is 25.5 Å². The van der Waals surface area contributed by atoms with Gasteiger partial charge in [-0.2, -0.15) is 0 Å². The number of ketones is 1. The van der Waals surface area contributed by atoms with Crippen LogP contribution in [0.1, 0.15) is 21.8 Å². The summed E-state index contributed by atoms with van der Waals surface area (Å²) in [7, 11) is 0. The second kappa shape index (κ2) is 7.57. The molecule has 146 valence electrons. The van der Waals surface area contributed by atoms with Crippen molar-refractivity contribution in [3.63, 3.8) is 0 Å². The molecule has 7 heteroatoms. The van der Waals surface area contributed by atoms with Crippen molar-refractivity contribution in [2.75, 3.05) is 0 Å². The number of nitrogens with zero attached hydrogens (tertiary/aromatic N) is 4. The number of hydrogen-bond acceptors (Lipinski definition) is 5. The molecule has 5 rings (SSSR count). The van der Waals surface area contributed by atoms with Gasteiger partial charge in [0.1, 0.15) is 0 Å². The monoisotopic (exact) mass is 414 g/mol. The van der Waals surface area contributed by atoms with Crippen LogP contribution in [0, 0.1) is 0 Å². The highest BCUT2D eigenvalue weighted by Gasteiger charge is 2.22. The second-order valence-corrected chi connectivity index (χ2v) is 7.23. The molecule has 0 spiro atoms. The maximum absolute atomic E-state index is 13.2. The zero-order chi connectivity index (χ0) is 20.5. The average molecular weight is 415 g/mol. The van der Waals surface area contributed by atoms with Crippen molar-refractivity contribution in [3.05, 3.63) is 101 Å². The molecule has 0 N–H and O–H groups in total. The van der Waals surface area contributed by atoms with Crippen LogP contribution in [0.5, 0.6) is 0 Å². The minimum absolute atomic E-state index is 0.0452. The van der Waals surface area contributed by atoms with E-state index in [1.165, 1.54) is 0 Å². The Labute approximate surface area is 176 Å². The fourth-order valence-electron chi connectivity index (χ4n) is 3.39. The predicted octanol–water partition coefficient (Wildman–Crippen LogP) is 5.02. The Bertz CT molecular complexity index is 1340. The number of carbonyl (C=O) groups is 1. The Morgan fingerprint density at radius 1 is 0.967 bits per heavy atom. The average Bonchev–Trinajstić information content (AvgIpc) is 3.42. The van der Waals surface area contributed by atoms with Crippen molar-refractivity contribution in [3.8, 4) is 11.5 Å². The largest absolute Gasteiger partial charge is 0.413 e. The van der Waals surface area contributed by atoms with Crippen molar-refractivity contribution in [1.29, 1.82) is 0 Å². The van der Waals surface area contributed by atoms with E-state index >= 15 is 0 Å². The van der Waals surface area contributed by atoms with Crippen molar-refractivity contribution < 1.29 is 9.21 Å². The van der Waals surface area contributed by atoms with Gasteiger partial charge in [0, 0.05) is 46.6 Å². The summed E-state index contributed by atoms with van der Waals surface area (Å²) in [4.78, 5) is 17.1. The van der Waals surface area contributed by atoms with Crippen LogP contribution in [0.4, 0.5) is 0 Å². The molecule has 0 saturated heterocycles. The quantitative estimate of drug-likeness (QED) is 0.377. The highest BCUT2D eigenvalue weighted by molar-refractivity contribution is 6.30. The van der Waals surface area contributed by atoms with Crippen LogP contribution in [0.25, 0.3) is 22.4 Å².